The Hall–Kier alpha value is -0.770. The number of halogens is 1. The SMILES string of the molecule is C[C@H]1CCC[NH+](CCOCCOc2ccc(Cl)cc2C(C)(C)C)C1. The molecule has 2 atom stereocenters. The van der Waals surface area contributed by atoms with Crippen LogP contribution >= 0.6 is 11.6 Å². The van der Waals surface area contributed by atoms with Crippen molar-refractivity contribution >= 4 is 11.6 Å². The lowest BCUT2D eigenvalue weighted by molar-refractivity contribution is -0.908. The zero-order valence-electron chi connectivity index (χ0n) is 15.7. The molecule has 0 aliphatic carbocycles. The van der Waals surface area contributed by atoms with Gasteiger partial charge in [-0.1, -0.05) is 39.3 Å². The average Bonchev–Trinajstić information content (AvgIpc) is 2.51. The Bertz CT molecular complexity index is 513. The Labute approximate surface area is 152 Å². The minimum atomic E-state index is 0.00933. The van der Waals surface area contributed by atoms with Crippen LogP contribution in [0.25, 0.3) is 0 Å². The summed E-state index contributed by atoms with van der Waals surface area (Å²) in [6.45, 7) is 14.6. The third-order valence-electron chi connectivity index (χ3n) is 4.70. The van der Waals surface area contributed by atoms with Crippen molar-refractivity contribution in [3.8, 4) is 5.75 Å². The highest BCUT2D eigenvalue weighted by Crippen LogP contribution is 2.33. The molecular weight excluding hydrogens is 322 g/mol. The van der Waals surface area contributed by atoms with E-state index < -0.39 is 0 Å². The first-order chi connectivity index (χ1) is 11.4. The second-order valence-electron chi connectivity index (χ2n) is 8.05. The summed E-state index contributed by atoms with van der Waals surface area (Å²) in [6.07, 6.45) is 2.74. The van der Waals surface area contributed by atoms with Gasteiger partial charge in [0.1, 0.15) is 18.9 Å². The van der Waals surface area contributed by atoms with E-state index in [1.807, 2.05) is 18.2 Å². The number of hydrogen-bond acceptors (Lipinski definition) is 2. The van der Waals surface area contributed by atoms with E-state index in [1.165, 1.54) is 25.9 Å². The lowest BCUT2D eigenvalue weighted by Gasteiger charge is -2.27. The molecule has 1 aliphatic heterocycles. The van der Waals surface area contributed by atoms with Crippen LogP contribution in [-0.2, 0) is 10.2 Å². The fourth-order valence-corrected chi connectivity index (χ4v) is 3.54. The Morgan fingerprint density at radius 1 is 1.21 bits per heavy atom. The maximum atomic E-state index is 6.13. The van der Waals surface area contributed by atoms with E-state index in [1.54, 1.807) is 4.90 Å². The average molecular weight is 355 g/mol. The molecule has 0 saturated carbocycles. The second kappa shape index (κ2) is 9.07. The number of likely N-dealkylation sites (tertiary alicyclic amines) is 1. The van der Waals surface area contributed by atoms with Crippen LogP contribution in [0, 0.1) is 5.92 Å². The minimum absolute atomic E-state index is 0.00933. The van der Waals surface area contributed by atoms with E-state index in [-0.39, 0.29) is 5.41 Å². The van der Waals surface area contributed by atoms with Crippen LogP contribution in [0.3, 0.4) is 0 Å². The Balaban J connectivity index is 1.69. The monoisotopic (exact) mass is 354 g/mol. The van der Waals surface area contributed by atoms with Crippen molar-refractivity contribution in [1.82, 2.24) is 0 Å². The zero-order chi connectivity index (χ0) is 17.6. The van der Waals surface area contributed by atoms with Crippen molar-refractivity contribution in [2.24, 2.45) is 5.92 Å². The quantitative estimate of drug-likeness (QED) is 0.759. The summed E-state index contributed by atoms with van der Waals surface area (Å²) in [7, 11) is 0. The van der Waals surface area contributed by atoms with Gasteiger partial charge in [-0.05, 0) is 36.5 Å². The number of hydrogen-bond donors (Lipinski definition) is 1. The van der Waals surface area contributed by atoms with Gasteiger partial charge in [-0.25, -0.2) is 0 Å². The number of nitrogens with one attached hydrogen (secondary N) is 1. The molecule has 1 aliphatic rings. The van der Waals surface area contributed by atoms with Crippen molar-refractivity contribution in [3.05, 3.63) is 28.8 Å². The van der Waals surface area contributed by atoms with E-state index in [4.69, 9.17) is 21.1 Å². The molecule has 0 radical (unpaired) electrons. The molecule has 2 rings (SSSR count). The topological polar surface area (TPSA) is 22.9 Å². The molecule has 0 amide bonds. The molecular formula is C20H33ClNO2+. The highest BCUT2D eigenvalue weighted by Gasteiger charge is 2.20. The van der Waals surface area contributed by atoms with Gasteiger partial charge in [-0.15, -0.1) is 0 Å². The van der Waals surface area contributed by atoms with E-state index in [0.29, 0.717) is 13.2 Å². The van der Waals surface area contributed by atoms with Gasteiger partial charge in [-0.2, -0.15) is 0 Å². The second-order valence-corrected chi connectivity index (χ2v) is 8.49. The van der Waals surface area contributed by atoms with E-state index in [2.05, 4.69) is 27.7 Å². The van der Waals surface area contributed by atoms with E-state index in [0.717, 1.165) is 35.4 Å². The molecule has 0 spiro atoms. The van der Waals surface area contributed by atoms with Gasteiger partial charge in [0.05, 0.1) is 26.3 Å². The zero-order valence-corrected chi connectivity index (χ0v) is 16.4. The predicted octanol–water partition coefficient (Wildman–Crippen LogP) is 3.35. The lowest BCUT2D eigenvalue weighted by atomic mass is 9.86. The first-order valence-corrected chi connectivity index (χ1v) is 9.58. The van der Waals surface area contributed by atoms with Gasteiger partial charge < -0.3 is 14.4 Å². The molecule has 0 bridgehead atoms. The Morgan fingerprint density at radius 2 is 2.00 bits per heavy atom. The van der Waals surface area contributed by atoms with Gasteiger partial charge in [-0.3, -0.25) is 0 Å². The summed E-state index contributed by atoms with van der Waals surface area (Å²) in [4.78, 5) is 1.68. The predicted molar refractivity (Wildman–Crippen MR) is 100 cm³/mol. The molecule has 3 nitrogen and oxygen atoms in total. The van der Waals surface area contributed by atoms with Crippen molar-refractivity contribution < 1.29 is 14.4 Å². The maximum absolute atomic E-state index is 6.13. The summed E-state index contributed by atoms with van der Waals surface area (Å²) in [6, 6.07) is 5.84. The largest absolute Gasteiger partial charge is 0.491 e. The number of piperidine rings is 1. The highest BCUT2D eigenvalue weighted by atomic mass is 35.5. The fraction of sp³-hybridized carbons (Fsp3) is 0.700. The van der Waals surface area contributed by atoms with Gasteiger partial charge in [0.2, 0.25) is 0 Å². The molecule has 1 heterocycles. The van der Waals surface area contributed by atoms with Crippen LogP contribution < -0.4 is 9.64 Å². The molecule has 1 fully saturated rings. The van der Waals surface area contributed by atoms with Crippen LogP contribution in [0.2, 0.25) is 5.02 Å². The standard InChI is InChI=1S/C20H32ClNO2/c1-16-6-5-9-22(15-16)10-11-23-12-13-24-19-8-7-17(21)14-18(19)20(2,3)4/h7-8,14,16H,5-6,9-13,15H2,1-4H3/p+1/t16-/m0/s1. The summed E-state index contributed by atoms with van der Waals surface area (Å²) in [5, 5.41) is 0.752. The molecule has 1 saturated heterocycles. The molecule has 1 N–H and O–H groups in total. The van der Waals surface area contributed by atoms with Crippen LogP contribution in [0.15, 0.2) is 18.2 Å². The normalized spacial score (nSPS) is 21.7. The number of ether oxygens (including phenoxy) is 2. The number of rotatable bonds is 7. The summed E-state index contributed by atoms with van der Waals surface area (Å²) in [5.74, 6) is 1.77. The summed E-state index contributed by atoms with van der Waals surface area (Å²) in [5.41, 5.74) is 1.15. The molecule has 136 valence electrons. The first kappa shape index (κ1) is 19.6. The smallest absolute Gasteiger partial charge is 0.123 e. The highest BCUT2D eigenvalue weighted by molar-refractivity contribution is 6.30. The fourth-order valence-electron chi connectivity index (χ4n) is 3.37. The Morgan fingerprint density at radius 3 is 2.71 bits per heavy atom. The van der Waals surface area contributed by atoms with Crippen LogP contribution in [0.1, 0.15) is 46.1 Å². The van der Waals surface area contributed by atoms with E-state index >= 15 is 0 Å². The summed E-state index contributed by atoms with van der Waals surface area (Å²) >= 11 is 6.13. The molecule has 1 unspecified atom stereocenters. The van der Waals surface area contributed by atoms with Crippen molar-refractivity contribution in [2.75, 3.05) is 39.5 Å². The van der Waals surface area contributed by atoms with Crippen LogP contribution in [0.5, 0.6) is 5.75 Å². The molecule has 1 aromatic rings. The van der Waals surface area contributed by atoms with Crippen LogP contribution in [0.4, 0.5) is 0 Å². The van der Waals surface area contributed by atoms with Crippen molar-refractivity contribution in [3.63, 3.8) is 0 Å². The Kier molecular flexibility index (Phi) is 7.39. The van der Waals surface area contributed by atoms with Crippen molar-refractivity contribution in [1.29, 1.82) is 0 Å². The van der Waals surface area contributed by atoms with Gasteiger partial charge in [0.15, 0.2) is 0 Å². The summed E-state index contributed by atoms with van der Waals surface area (Å²) < 4.78 is 11.7. The maximum Gasteiger partial charge on any atom is 0.123 e. The molecule has 1 aromatic carbocycles. The van der Waals surface area contributed by atoms with Crippen LogP contribution in [-0.4, -0.2) is 39.5 Å². The minimum Gasteiger partial charge on any atom is -0.491 e. The third kappa shape index (κ3) is 6.27. The number of quaternary nitrogens is 1. The third-order valence-corrected chi connectivity index (χ3v) is 4.93. The number of benzene rings is 1. The molecule has 4 heteroatoms. The molecule has 0 aromatic heterocycles. The first-order valence-electron chi connectivity index (χ1n) is 9.20. The lowest BCUT2D eigenvalue weighted by Crippen LogP contribution is -3.14. The van der Waals surface area contributed by atoms with E-state index in [9.17, 15) is 0 Å². The van der Waals surface area contributed by atoms with Crippen molar-refractivity contribution in [2.45, 2.75) is 46.0 Å². The van der Waals surface area contributed by atoms with Gasteiger partial charge >= 0.3 is 0 Å². The molecule has 24 heavy (non-hydrogen) atoms. The van der Waals surface area contributed by atoms with Gasteiger partial charge in [0, 0.05) is 16.5 Å². The van der Waals surface area contributed by atoms with Gasteiger partial charge in [0.25, 0.3) is 0 Å².